The van der Waals surface area contributed by atoms with Gasteiger partial charge in [-0.1, -0.05) is 18.2 Å². The smallest absolute Gasteiger partial charge is 0.307 e. The van der Waals surface area contributed by atoms with Crippen molar-refractivity contribution in [1.29, 1.82) is 0 Å². The fourth-order valence-corrected chi connectivity index (χ4v) is 4.19. The van der Waals surface area contributed by atoms with Crippen molar-refractivity contribution in [2.45, 2.75) is 57.2 Å². The first-order chi connectivity index (χ1) is 12.5. The van der Waals surface area contributed by atoms with Gasteiger partial charge in [0.25, 0.3) is 0 Å². The van der Waals surface area contributed by atoms with Crippen LogP contribution in [0.25, 0.3) is 0 Å². The highest BCUT2D eigenvalue weighted by atomic mass is 16.5. The van der Waals surface area contributed by atoms with Gasteiger partial charge in [0.1, 0.15) is 5.75 Å². The van der Waals surface area contributed by atoms with Crippen LogP contribution in [-0.2, 0) is 11.3 Å². The number of hydrogen-bond acceptors (Lipinski definition) is 4. The molecule has 1 aliphatic carbocycles. The van der Waals surface area contributed by atoms with Gasteiger partial charge in [0.05, 0.1) is 12.0 Å². The minimum atomic E-state index is -0.676. The molecule has 0 unspecified atom stereocenters. The number of para-hydroxylation sites is 1. The van der Waals surface area contributed by atoms with Gasteiger partial charge in [0.15, 0.2) is 0 Å². The van der Waals surface area contributed by atoms with Crippen LogP contribution in [-0.4, -0.2) is 60.2 Å². The van der Waals surface area contributed by atoms with E-state index in [0.717, 1.165) is 44.5 Å². The standard InChI is InChI=1S/C21H32N2O3/c1-22(2)18-12-11-17(21(24)25)14-23(15-18)13-16-7-3-6-10-20(16)26-19-8-4-5-9-19/h3,6-7,10,17-19H,4-5,8-9,11-15H2,1-2H3,(H,24,25)/t17-,18+/m0/s1. The predicted octanol–water partition coefficient (Wildman–Crippen LogP) is 3.23. The van der Waals surface area contributed by atoms with Crippen molar-refractivity contribution in [2.75, 3.05) is 27.2 Å². The monoisotopic (exact) mass is 360 g/mol. The third-order valence-corrected chi connectivity index (χ3v) is 5.84. The van der Waals surface area contributed by atoms with Crippen LogP contribution >= 0.6 is 0 Å². The molecule has 26 heavy (non-hydrogen) atoms. The third-order valence-electron chi connectivity index (χ3n) is 5.84. The molecule has 1 aromatic rings. The highest BCUT2D eigenvalue weighted by molar-refractivity contribution is 5.70. The largest absolute Gasteiger partial charge is 0.490 e. The van der Waals surface area contributed by atoms with Gasteiger partial charge in [-0.3, -0.25) is 9.69 Å². The van der Waals surface area contributed by atoms with Crippen LogP contribution in [0.2, 0.25) is 0 Å². The second-order valence-corrected chi connectivity index (χ2v) is 8.06. The molecule has 0 bridgehead atoms. The number of likely N-dealkylation sites (N-methyl/N-ethyl adjacent to an activating group) is 1. The summed E-state index contributed by atoms with van der Waals surface area (Å²) in [4.78, 5) is 16.1. The van der Waals surface area contributed by atoms with E-state index in [1.54, 1.807) is 0 Å². The molecule has 3 rings (SSSR count). The summed E-state index contributed by atoms with van der Waals surface area (Å²) in [5.74, 6) is 0.00434. The van der Waals surface area contributed by atoms with E-state index in [1.165, 1.54) is 18.4 Å². The zero-order valence-corrected chi connectivity index (χ0v) is 16.1. The molecule has 5 nitrogen and oxygen atoms in total. The highest BCUT2D eigenvalue weighted by Gasteiger charge is 2.29. The first kappa shape index (κ1) is 19.2. The number of benzene rings is 1. The maximum absolute atomic E-state index is 11.6. The Bertz CT molecular complexity index is 599. The second kappa shape index (κ2) is 8.87. The van der Waals surface area contributed by atoms with Gasteiger partial charge in [0, 0.05) is 31.2 Å². The van der Waals surface area contributed by atoms with Gasteiger partial charge in [0.2, 0.25) is 0 Å². The van der Waals surface area contributed by atoms with Crippen LogP contribution in [0.5, 0.6) is 5.75 Å². The third kappa shape index (κ3) is 4.98. The van der Waals surface area contributed by atoms with Crippen LogP contribution in [0.4, 0.5) is 0 Å². The van der Waals surface area contributed by atoms with Crippen molar-refractivity contribution in [3.8, 4) is 5.75 Å². The van der Waals surface area contributed by atoms with Crippen LogP contribution in [0, 0.1) is 5.92 Å². The number of likely N-dealkylation sites (tertiary alicyclic amines) is 1. The summed E-state index contributed by atoms with van der Waals surface area (Å²) in [5, 5.41) is 9.55. The number of carboxylic acids is 1. The lowest BCUT2D eigenvalue weighted by molar-refractivity contribution is -0.142. The maximum Gasteiger partial charge on any atom is 0.307 e. The lowest BCUT2D eigenvalue weighted by atomic mass is 10.0. The summed E-state index contributed by atoms with van der Waals surface area (Å²) in [6.07, 6.45) is 6.80. The molecule has 0 spiro atoms. The second-order valence-electron chi connectivity index (χ2n) is 8.06. The van der Waals surface area contributed by atoms with Crippen LogP contribution in [0.3, 0.4) is 0 Å². The molecular weight excluding hydrogens is 328 g/mol. The van der Waals surface area contributed by atoms with Gasteiger partial charge in [-0.05, 0) is 58.7 Å². The Morgan fingerprint density at radius 2 is 1.88 bits per heavy atom. The molecule has 2 atom stereocenters. The molecular formula is C21H32N2O3. The zero-order valence-electron chi connectivity index (χ0n) is 16.1. The van der Waals surface area contributed by atoms with Gasteiger partial charge in [-0.25, -0.2) is 0 Å². The number of aliphatic carboxylic acids is 1. The average molecular weight is 360 g/mol. The van der Waals surface area contributed by atoms with Crippen molar-refractivity contribution in [1.82, 2.24) is 9.80 Å². The van der Waals surface area contributed by atoms with E-state index in [1.807, 2.05) is 12.1 Å². The Morgan fingerprint density at radius 3 is 2.58 bits per heavy atom. The van der Waals surface area contributed by atoms with E-state index in [9.17, 15) is 9.90 Å². The van der Waals surface area contributed by atoms with Crippen molar-refractivity contribution in [2.24, 2.45) is 5.92 Å². The Hall–Kier alpha value is -1.59. The topological polar surface area (TPSA) is 53.0 Å². The van der Waals surface area contributed by atoms with Gasteiger partial charge < -0.3 is 14.7 Å². The number of nitrogens with zero attached hydrogens (tertiary/aromatic N) is 2. The number of hydrogen-bond donors (Lipinski definition) is 1. The number of rotatable bonds is 6. The first-order valence-electron chi connectivity index (χ1n) is 9.89. The zero-order chi connectivity index (χ0) is 18.5. The quantitative estimate of drug-likeness (QED) is 0.844. The normalized spacial score (nSPS) is 25.3. The molecule has 1 aliphatic heterocycles. The van der Waals surface area contributed by atoms with Gasteiger partial charge in [-0.2, -0.15) is 0 Å². The van der Waals surface area contributed by atoms with E-state index in [0.29, 0.717) is 18.7 Å². The van der Waals surface area contributed by atoms with Crippen LogP contribution in [0.15, 0.2) is 24.3 Å². The Labute approximate surface area is 156 Å². The summed E-state index contributed by atoms with van der Waals surface area (Å²) in [6.45, 7) is 2.25. The molecule has 2 fully saturated rings. The van der Waals surface area contributed by atoms with Crippen molar-refractivity contribution in [3.63, 3.8) is 0 Å². The minimum Gasteiger partial charge on any atom is -0.490 e. The lowest BCUT2D eigenvalue weighted by Crippen LogP contribution is -2.39. The minimum absolute atomic E-state index is 0.289. The Kier molecular flexibility index (Phi) is 6.54. The average Bonchev–Trinajstić information content (AvgIpc) is 3.01. The SMILES string of the molecule is CN(C)[C@@H]1CC[C@H](C(=O)O)CN(Cc2ccccc2OC2CCCC2)C1. The van der Waals surface area contributed by atoms with Gasteiger partial charge in [-0.15, -0.1) is 0 Å². The fraction of sp³-hybridized carbons (Fsp3) is 0.667. The molecule has 0 aromatic heterocycles. The molecule has 1 aromatic carbocycles. The summed E-state index contributed by atoms with van der Waals surface area (Å²) >= 11 is 0. The van der Waals surface area contributed by atoms with Crippen molar-refractivity contribution >= 4 is 5.97 Å². The fourth-order valence-electron chi connectivity index (χ4n) is 4.19. The van der Waals surface area contributed by atoms with Crippen LogP contribution < -0.4 is 4.74 Å². The summed E-state index contributed by atoms with van der Waals surface area (Å²) in [6, 6.07) is 8.65. The molecule has 2 aliphatic rings. The first-order valence-corrected chi connectivity index (χ1v) is 9.89. The molecule has 0 amide bonds. The van der Waals surface area contributed by atoms with Gasteiger partial charge >= 0.3 is 5.97 Å². The number of carbonyl (C=O) groups is 1. The molecule has 5 heteroatoms. The molecule has 144 valence electrons. The number of ether oxygens (including phenoxy) is 1. The van der Waals surface area contributed by atoms with E-state index in [2.05, 4.69) is 36.0 Å². The van der Waals surface area contributed by atoms with E-state index >= 15 is 0 Å². The van der Waals surface area contributed by atoms with Crippen molar-refractivity contribution in [3.05, 3.63) is 29.8 Å². The highest BCUT2D eigenvalue weighted by Crippen LogP contribution is 2.28. The summed E-state index contributed by atoms with van der Waals surface area (Å²) < 4.78 is 6.27. The molecule has 1 saturated carbocycles. The van der Waals surface area contributed by atoms with E-state index in [-0.39, 0.29) is 5.92 Å². The molecule has 1 saturated heterocycles. The summed E-state index contributed by atoms with van der Waals surface area (Å²) in [7, 11) is 4.17. The summed E-state index contributed by atoms with van der Waals surface area (Å²) in [5.41, 5.74) is 1.17. The Morgan fingerprint density at radius 1 is 1.15 bits per heavy atom. The van der Waals surface area contributed by atoms with E-state index in [4.69, 9.17) is 4.74 Å². The van der Waals surface area contributed by atoms with Crippen molar-refractivity contribution < 1.29 is 14.6 Å². The Balaban J connectivity index is 1.73. The molecule has 1 heterocycles. The lowest BCUT2D eigenvalue weighted by Gasteiger charge is -2.29. The molecule has 0 radical (unpaired) electrons. The van der Waals surface area contributed by atoms with E-state index < -0.39 is 5.97 Å². The predicted molar refractivity (Wildman–Crippen MR) is 102 cm³/mol. The maximum atomic E-state index is 11.6. The van der Waals surface area contributed by atoms with Crippen LogP contribution in [0.1, 0.15) is 44.1 Å². The molecule has 1 N–H and O–H groups in total. The number of carboxylic acid groups (broad SMARTS) is 1.